The first kappa shape index (κ1) is 70.3. The summed E-state index contributed by atoms with van der Waals surface area (Å²) in [5.74, 6) is -13.8. The zero-order valence-corrected chi connectivity index (χ0v) is 62.4. The molecule has 8 aromatic carbocycles. The molecule has 2 unspecified atom stereocenters. The van der Waals surface area contributed by atoms with E-state index < -0.39 is 49.5 Å². The lowest BCUT2D eigenvalue weighted by atomic mass is 9.69. The van der Waals surface area contributed by atoms with Gasteiger partial charge in [-0.3, -0.25) is 14.5 Å². The molecular weight excluding hydrogens is 1370 g/mol. The third-order valence-electron chi connectivity index (χ3n) is 23.8. The van der Waals surface area contributed by atoms with Gasteiger partial charge in [-0.15, -0.1) is 23.5 Å². The maximum atomic E-state index is 16.6. The molecule has 105 heavy (non-hydrogen) atoms. The van der Waals surface area contributed by atoms with Crippen molar-refractivity contribution in [1.29, 1.82) is 0 Å². The highest BCUT2D eigenvalue weighted by molar-refractivity contribution is 8.11. The monoisotopic (exact) mass is 1460 g/mol. The number of carbonyl (C=O) groups excluding carboxylic acids is 2. The van der Waals surface area contributed by atoms with Gasteiger partial charge in [0.25, 0.3) is 11.8 Å². The van der Waals surface area contributed by atoms with Crippen LogP contribution in [0.5, 0.6) is 23.0 Å². The second kappa shape index (κ2) is 25.6. The molecule has 8 aromatic rings. The Balaban J connectivity index is 0.824. The molecule has 0 saturated heterocycles. The smallest absolute Gasteiger partial charge is 0.380 e. The molecule has 0 bridgehead atoms. The third-order valence-corrected chi connectivity index (χ3v) is 27.2. The summed E-state index contributed by atoms with van der Waals surface area (Å²) in [7, 11) is 0. The first-order valence-corrected chi connectivity index (χ1v) is 38.6. The van der Waals surface area contributed by atoms with Crippen molar-refractivity contribution in [2.45, 2.75) is 119 Å². The maximum absolute atomic E-state index is 16.6. The molecule has 2 aliphatic carbocycles. The molecule has 1 saturated carbocycles. The normalized spacial score (nSPS) is 20.7. The number of thioether (sulfide) groups is 2. The second-order valence-corrected chi connectivity index (χ2v) is 31.5. The summed E-state index contributed by atoms with van der Waals surface area (Å²) >= 11 is 2.48. The van der Waals surface area contributed by atoms with Gasteiger partial charge in [-0.1, -0.05) is 103 Å². The van der Waals surface area contributed by atoms with E-state index in [-0.39, 0.29) is 48.2 Å². The van der Waals surface area contributed by atoms with E-state index in [1.54, 1.807) is 38.1 Å². The van der Waals surface area contributed by atoms with Gasteiger partial charge in [-0.05, 0) is 157 Å². The average Bonchev–Trinajstić information content (AvgIpc) is 1.48. The van der Waals surface area contributed by atoms with Gasteiger partial charge in [0.15, 0.2) is 0 Å². The zero-order chi connectivity index (χ0) is 73.7. The molecule has 0 aromatic heterocycles. The van der Waals surface area contributed by atoms with Crippen LogP contribution in [0.2, 0.25) is 0 Å². The van der Waals surface area contributed by atoms with Gasteiger partial charge in [-0.25, -0.2) is 0 Å². The van der Waals surface area contributed by atoms with Crippen LogP contribution in [0.1, 0.15) is 140 Å². The number of hydrogen-bond acceptors (Lipinski definition) is 11. The second-order valence-electron chi connectivity index (χ2n) is 28.6. The van der Waals surface area contributed by atoms with Gasteiger partial charge in [-0.2, -0.15) is 26.3 Å². The number of ether oxygens (including phenoxy) is 2. The van der Waals surface area contributed by atoms with E-state index in [4.69, 9.17) is 9.47 Å². The molecule has 2 amide bonds. The Morgan fingerprint density at radius 1 is 0.410 bits per heavy atom. The third kappa shape index (κ3) is 9.83. The summed E-state index contributed by atoms with van der Waals surface area (Å²) < 4.78 is 110. The minimum absolute atomic E-state index is 0.152. The van der Waals surface area contributed by atoms with E-state index in [2.05, 4.69) is 165 Å². The van der Waals surface area contributed by atoms with Crippen molar-refractivity contribution in [2.75, 3.05) is 98.1 Å². The standard InChI is InChI=1S/C86H85F6N7O4S2/c1-11-94(12-2)55-35-39-64-69(47-55)102-70-48-56(95(13-3)14-4)36-40-65(70)82(64)62-28-22-19-25-59(62)78(100)98(82)45-43-93(44-46-99-79(101)60-26-20-23-29-63(60)83(99)66-41-37-57(96(15-5)16-6)49-71(66)103-72-50-58(38-42-67(72)83)97(17-7)18-8)52-53-31-33-54(34-32-53)74-51-68-76-77(85(89,90)86(91,92)84(76,87)88)75-61-27-21-24-30-73(61)104-81(75,10)80(68,9)105-74/h19-42,47-51H,11-18,43-46,52H2,1-10H3. The van der Waals surface area contributed by atoms with E-state index in [9.17, 15) is 0 Å². The average molecular weight is 1460 g/mol. The Bertz CT molecular complexity index is 4660. The van der Waals surface area contributed by atoms with Gasteiger partial charge >= 0.3 is 17.8 Å². The van der Waals surface area contributed by atoms with Crippen molar-refractivity contribution >= 4 is 68.6 Å². The summed E-state index contributed by atoms with van der Waals surface area (Å²) in [5, 5.41) is 0. The molecule has 2 atom stereocenters. The number of carbonyl (C=O) groups is 2. The highest BCUT2D eigenvalue weighted by Crippen LogP contribution is 2.77. The Labute approximate surface area is 619 Å². The van der Waals surface area contributed by atoms with Crippen LogP contribution in [-0.4, -0.2) is 132 Å². The molecule has 542 valence electrons. The molecule has 8 aliphatic rings. The largest absolute Gasteiger partial charge is 0.456 e. The lowest BCUT2D eigenvalue weighted by Crippen LogP contribution is -2.52. The van der Waals surface area contributed by atoms with Crippen LogP contribution in [-0.2, 0) is 17.6 Å². The van der Waals surface area contributed by atoms with Crippen molar-refractivity contribution in [3.63, 3.8) is 0 Å². The van der Waals surface area contributed by atoms with Gasteiger partial charge in [0.05, 0.1) is 9.49 Å². The molecular formula is C86H85F6N7O4S2. The Kier molecular flexibility index (Phi) is 17.1. The fraction of sp³-hybridized carbons (Fsp3) is 0.349. The van der Waals surface area contributed by atoms with Crippen LogP contribution < -0.4 is 29.1 Å². The molecule has 16 rings (SSSR count). The van der Waals surface area contributed by atoms with Crippen molar-refractivity contribution in [3.8, 4) is 23.0 Å². The van der Waals surface area contributed by atoms with Crippen molar-refractivity contribution in [1.82, 2.24) is 14.7 Å². The predicted octanol–water partition coefficient (Wildman–Crippen LogP) is 19.4. The molecule has 0 radical (unpaired) electrons. The van der Waals surface area contributed by atoms with Gasteiger partial charge in [0.2, 0.25) is 0 Å². The van der Waals surface area contributed by atoms with E-state index in [0.717, 1.165) is 114 Å². The van der Waals surface area contributed by atoms with Gasteiger partial charge in [0.1, 0.15) is 34.1 Å². The zero-order valence-electron chi connectivity index (χ0n) is 60.8. The molecule has 6 aliphatic heterocycles. The van der Waals surface area contributed by atoms with Crippen LogP contribution in [0.3, 0.4) is 0 Å². The number of alkyl halides is 6. The van der Waals surface area contributed by atoms with E-state index >= 15 is 35.9 Å². The molecule has 11 nitrogen and oxygen atoms in total. The minimum Gasteiger partial charge on any atom is -0.456 e. The summed E-state index contributed by atoms with van der Waals surface area (Å²) in [4.78, 5) is 48.5. The maximum Gasteiger partial charge on any atom is 0.380 e. The van der Waals surface area contributed by atoms with Crippen molar-refractivity contribution < 1.29 is 45.4 Å². The first-order chi connectivity index (χ1) is 50.5. The van der Waals surface area contributed by atoms with Crippen LogP contribution in [0.15, 0.2) is 198 Å². The Morgan fingerprint density at radius 2 is 0.790 bits per heavy atom. The quantitative estimate of drug-likeness (QED) is 0.0646. The van der Waals surface area contributed by atoms with Crippen molar-refractivity contribution in [3.05, 3.63) is 254 Å². The fourth-order valence-electron chi connectivity index (χ4n) is 18.4. The lowest BCUT2D eigenvalue weighted by molar-refractivity contribution is -0.257. The van der Waals surface area contributed by atoms with Crippen molar-refractivity contribution in [2.24, 2.45) is 0 Å². The van der Waals surface area contributed by atoms with Crippen LogP contribution in [0, 0.1) is 0 Å². The number of nitrogens with zero attached hydrogens (tertiary/aromatic N) is 7. The fourth-order valence-corrected chi connectivity index (χ4v) is 21.6. The summed E-state index contributed by atoms with van der Waals surface area (Å²) in [6, 6.07) is 55.4. The number of anilines is 4. The Hall–Kier alpha value is -9.04. The van der Waals surface area contributed by atoms with E-state index in [1.165, 1.54) is 29.6 Å². The molecule has 1 fully saturated rings. The highest BCUT2D eigenvalue weighted by Gasteiger charge is 2.84. The minimum atomic E-state index is -5.69. The number of benzene rings is 8. The summed E-state index contributed by atoms with van der Waals surface area (Å²) in [6.07, 6.45) is 1.43. The number of rotatable bonds is 21. The number of allylic oxidation sites excluding steroid dienone is 3. The summed E-state index contributed by atoms with van der Waals surface area (Å²) in [6.45, 7) is 27.9. The lowest BCUT2D eigenvalue weighted by Gasteiger charge is -2.47. The van der Waals surface area contributed by atoms with Crippen LogP contribution >= 0.6 is 23.5 Å². The topological polar surface area (TPSA) is 75.3 Å². The summed E-state index contributed by atoms with van der Waals surface area (Å²) in [5.41, 5.74) is 6.39. The number of hydrogen-bond donors (Lipinski definition) is 0. The molecule has 19 heteroatoms. The molecule has 0 N–H and O–H groups in total. The SMILES string of the molecule is CCN(CC)c1ccc2c(c1)Oc1cc(N(CC)CC)ccc1C21c2ccccc2C(=O)N1CCN(CCN1C(=O)c2ccccc2C12c1ccc(N(CC)CC)cc1Oc1cc(N(CC)CC)ccc12)Cc1ccc(C2=CC3=C4C(=C5c6ccccc6SC5(C)C3(C)S2)C(F)(F)C(F)(F)C4(F)F)cc1. The Morgan fingerprint density at radius 3 is 1.20 bits per heavy atom. The van der Waals surface area contributed by atoms with E-state index in [1.807, 2.05) is 70.5 Å². The number of halogens is 6. The predicted molar refractivity (Wildman–Crippen MR) is 410 cm³/mol. The van der Waals surface area contributed by atoms with E-state index in [0.29, 0.717) is 62.6 Å². The molecule has 6 heterocycles. The first-order valence-electron chi connectivity index (χ1n) is 36.9. The van der Waals surface area contributed by atoms with Crippen LogP contribution in [0.4, 0.5) is 49.1 Å². The number of fused-ring (bicyclic) bond motifs is 18. The number of amides is 2. The molecule has 2 spiro atoms. The van der Waals surface area contributed by atoms with Crippen LogP contribution in [0.25, 0.3) is 10.5 Å². The van der Waals surface area contributed by atoms with Gasteiger partial charge in [0, 0.05) is 186 Å². The highest BCUT2D eigenvalue weighted by atomic mass is 32.2. The van der Waals surface area contributed by atoms with Gasteiger partial charge < -0.3 is 38.9 Å².